The smallest absolute Gasteiger partial charge is 0.0931 e. The van der Waals surface area contributed by atoms with Crippen LogP contribution in [-0.2, 0) is 6.42 Å². The molecule has 1 aliphatic rings. The van der Waals surface area contributed by atoms with Gasteiger partial charge in [-0.25, -0.2) is 4.98 Å². The summed E-state index contributed by atoms with van der Waals surface area (Å²) in [6.45, 7) is 0. The number of nitrogens with zero attached hydrogens (tertiary/aromatic N) is 4. The molecule has 10 aromatic rings. The molecule has 4 heterocycles. The zero-order valence-corrected chi connectivity index (χ0v) is 27.7. The molecule has 0 radical (unpaired) electrons. The lowest BCUT2D eigenvalue weighted by Crippen LogP contribution is -1.94. The monoisotopic (exact) mass is 650 g/mol. The van der Waals surface area contributed by atoms with E-state index in [1.807, 2.05) is 6.20 Å². The van der Waals surface area contributed by atoms with E-state index in [0.717, 1.165) is 51.6 Å². The molecule has 51 heavy (non-hydrogen) atoms. The third-order valence-electron chi connectivity index (χ3n) is 10.6. The minimum Gasteiger partial charge on any atom is -0.309 e. The molecule has 11 rings (SSSR count). The van der Waals surface area contributed by atoms with Gasteiger partial charge in [0.05, 0.1) is 39.1 Å². The van der Waals surface area contributed by atoms with Crippen LogP contribution in [0.15, 0.2) is 170 Å². The molecule has 0 spiro atoms. The van der Waals surface area contributed by atoms with Crippen LogP contribution in [0, 0.1) is 0 Å². The number of hydrogen-bond donors (Lipinski definition) is 0. The van der Waals surface area contributed by atoms with E-state index in [2.05, 4.69) is 173 Å². The fourth-order valence-electron chi connectivity index (χ4n) is 8.21. The van der Waals surface area contributed by atoms with Gasteiger partial charge >= 0.3 is 0 Å². The summed E-state index contributed by atoms with van der Waals surface area (Å²) in [6.07, 6.45) is 2.84. The minimum absolute atomic E-state index is 0.826. The molecule has 0 aliphatic heterocycles. The normalized spacial score (nSPS) is 12.2. The molecule has 4 nitrogen and oxygen atoms in total. The lowest BCUT2D eigenvalue weighted by Gasteiger charge is -2.10. The average molecular weight is 651 g/mol. The van der Waals surface area contributed by atoms with Gasteiger partial charge in [-0.15, -0.1) is 0 Å². The van der Waals surface area contributed by atoms with Crippen molar-refractivity contribution in [1.29, 1.82) is 0 Å². The van der Waals surface area contributed by atoms with Crippen LogP contribution >= 0.6 is 0 Å². The molecule has 0 atom stereocenters. The van der Waals surface area contributed by atoms with E-state index in [-0.39, 0.29) is 0 Å². The Morgan fingerprint density at radius 1 is 0.392 bits per heavy atom. The number of fused-ring (bicyclic) bond motifs is 9. The Balaban J connectivity index is 0.997. The number of benzene rings is 6. The van der Waals surface area contributed by atoms with E-state index in [1.165, 1.54) is 54.7 Å². The van der Waals surface area contributed by atoms with Crippen molar-refractivity contribution in [2.75, 3.05) is 0 Å². The number of hydrogen-bond acceptors (Lipinski definition) is 2. The molecule has 0 bridgehead atoms. The van der Waals surface area contributed by atoms with Crippen molar-refractivity contribution in [2.24, 2.45) is 0 Å². The summed E-state index contributed by atoms with van der Waals surface area (Å²) in [6, 6.07) is 58.8. The Hall–Kier alpha value is -6.78. The van der Waals surface area contributed by atoms with Gasteiger partial charge < -0.3 is 9.13 Å². The first-order chi connectivity index (χ1) is 25.3. The highest BCUT2D eigenvalue weighted by atomic mass is 15.0. The van der Waals surface area contributed by atoms with Gasteiger partial charge in [-0.3, -0.25) is 4.98 Å². The molecule has 0 saturated carbocycles. The predicted molar refractivity (Wildman–Crippen MR) is 210 cm³/mol. The number of aromatic nitrogens is 4. The van der Waals surface area contributed by atoms with Gasteiger partial charge in [-0.2, -0.15) is 0 Å². The molecule has 4 aromatic heterocycles. The van der Waals surface area contributed by atoms with Gasteiger partial charge in [0.1, 0.15) is 0 Å². The van der Waals surface area contributed by atoms with Crippen molar-refractivity contribution in [2.45, 2.75) is 6.42 Å². The Kier molecular flexibility index (Phi) is 5.98. The average Bonchev–Trinajstić information content (AvgIpc) is 3.85. The fraction of sp³-hybridized carbons (Fsp3) is 0.0213. The SMILES string of the molecule is c1ccc(-n2c3ccccc3c3ccc(-c4cnc5c(c4)Cc4ccc(-c6ccc7c8ccccc8n(-c8ccccc8)c7c6)nc4-5)cc32)cc1. The first-order valence-electron chi connectivity index (χ1n) is 17.5. The van der Waals surface area contributed by atoms with Crippen molar-refractivity contribution in [3.05, 3.63) is 181 Å². The van der Waals surface area contributed by atoms with Crippen LogP contribution in [0.1, 0.15) is 11.1 Å². The quantitative estimate of drug-likeness (QED) is 0.190. The summed E-state index contributed by atoms with van der Waals surface area (Å²) in [5.74, 6) is 0. The zero-order valence-electron chi connectivity index (χ0n) is 27.7. The van der Waals surface area contributed by atoms with Crippen molar-refractivity contribution < 1.29 is 0 Å². The first-order valence-corrected chi connectivity index (χ1v) is 17.5. The molecule has 6 aromatic carbocycles. The van der Waals surface area contributed by atoms with Crippen LogP contribution in [-0.4, -0.2) is 19.1 Å². The molecule has 0 unspecified atom stereocenters. The predicted octanol–water partition coefficient (Wildman–Crippen LogP) is 11.6. The highest BCUT2D eigenvalue weighted by Crippen LogP contribution is 2.40. The summed E-state index contributed by atoms with van der Waals surface area (Å²) in [5.41, 5.74) is 15.8. The van der Waals surface area contributed by atoms with Crippen LogP contribution < -0.4 is 0 Å². The Morgan fingerprint density at radius 3 is 1.59 bits per heavy atom. The van der Waals surface area contributed by atoms with Gasteiger partial charge in [0.15, 0.2) is 0 Å². The van der Waals surface area contributed by atoms with E-state index < -0.39 is 0 Å². The molecule has 0 N–H and O–H groups in total. The largest absolute Gasteiger partial charge is 0.309 e. The molecule has 0 amide bonds. The Morgan fingerprint density at radius 2 is 0.941 bits per heavy atom. The van der Waals surface area contributed by atoms with Crippen LogP contribution in [0.3, 0.4) is 0 Å². The van der Waals surface area contributed by atoms with Crippen LogP contribution in [0.5, 0.6) is 0 Å². The van der Waals surface area contributed by atoms with Crippen molar-refractivity contribution in [1.82, 2.24) is 19.1 Å². The second kappa shape index (κ2) is 10.9. The summed E-state index contributed by atoms with van der Waals surface area (Å²) >= 11 is 0. The lowest BCUT2D eigenvalue weighted by molar-refractivity contribution is 1.18. The molecule has 0 saturated heterocycles. The van der Waals surface area contributed by atoms with E-state index in [0.29, 0.717) is 0 Å². The molecule has 0 fully saturated rings. The maximum Gasteiger partial charge on any atom is 0.0931 e. The number of rotatable bonds is 4. The van der Waals surface area contributed by atoms with Gasteiger partial charge in [0.25, 0.3) is 0 Å². The van der Waals surface area contributed by atoms with Crippen molar-refractivity contribution in [3.8, 4) is 45.1 Å². The van der Waals surface area contributed by atoms with E-state index >= 15 is 0 Å². The van der Waals surface area contributed by atoms with Crippen LogP contribution in [0.2, 0.25) is 0 Å². The third kappa shape index (κ3) is 4.26. The first kappa shape index (κ1) is 28.1. The van der Waals surface area contributed by atoms with Gasteiger partial charge in [0, 0.05) is 56.7 Å². The van der Waals surface area contributed by atoms with Crippen LogP contribution in [0.4, 0.5) is 0 Å². The Labute approximate surface area is 294 Å². The van der Waals surface area contributed by atoms with Crippen LogP contribution in [0.25, 0.3) is 88.8 Å². The molecule has 1 aliphatic carbocycles. The standard InChI is InChI=1S/C47H30N4/c1-3-11-35(12-4-1)50-42-17-9-7-15-37(42)39-22-19-30(27-44(39)50)34-26-33-25-32-21-24-41(49-47(32)46(33)48-29-34)31-20-23-40-38-16-8-10-18-43(38)51(45(40)28-31)36-13-5-2-6-14-36/h1-24,26-29H,25H2. The topological polar surface area (TPSA) is 35.6 Å². The van der Waals surface area contributed by atoms with E-state index in [4.69, 9.17) is 9.97 Å². The number of pyridine rings is 2. The highest BCUT2D eigenvalue weighted by Gasteiger charge is 2.24. The second-order valence-electron chi connectivity index (χ2n) is 13.5. The summed E-state index contributed by atoms with van der Waals surface area (Å²) in [5, 5.41) is 4.99. The molecule has 238 valence electrons. The highest BCUT2D eigenvalue weighted by molar-refractivity contribution is 6.11. The lowest BCUT2D eigenvalue weighted by atomic mass is 10.0. The summed E-state index contributed by atoms with van der Waals surface area (Å²) in [7, 11) is 0. The van der Waals surface area contributed by atoms with Gasteiger partial charge in [0.2, 0.25) is 0 Å². The summed E-state index contributed by atoms with van der Waals surface area (Å²) in [4.78, 5) is 10.3. The fourth-order valence-corrected chi connectivity index (χ4v) is 8.21. The molecular weight excluding hydrogens is 621 g/mol. The number of para-hydroxylation sites is 4. The zero-order chi connectivity index (χ0) is 33.5. The Bertz CT molecular complexity index is 2990. The molecular formula is C47H30N4. The van der Waals surface area contributed by atoms with Crippen molar-refractivity contribution >= 4 is 43.6 Å². The molecule has 4 heteroatoms. The maximum absolute atomic E-state index is 5.27. The van der Waals surface area contributed by atoms with Crippen molar-refractivity contribution in [3.63, 3.8) is 0 Å². The van der Waals surface area contributed by atoms with E-state index in [9.17, 15) is 0 Å². The maximum atomic E-state index is 5.27. The van der Waals surface area contributed by atoms with Gasteiger partial charge in [-0.05, 0) is 77.4 Å². The van der Waals surface area contributed by atoms with Gasteiger partial charge in [-0.1, -0.05) is 103 Å². The van der Waals surface area contributed by atoms with E-state index in [1.54, 1.807) is 0 Å². The minimum atomic E-state index is 0.826. The third-order valence-corrected chi connectivity index (χ3v) is 10.6. The second-order valence-corrected chi connectivity index (χ2v) is 13.5. The summed E-state index contributed by atoms with van der Waals surface area (Å²) < 4.78 is 4.73.